The molecule has 1 aromatic heterocycles. The Balaban J connectivity index is 1.60. The van der Waals surface area contributed by atoms with Crippen LogP contribution < -0.4 is 20.1 Å². The fourth-order valence-corrected chi connectivity index (χ4v) is 4.09. The molecule has 29 heavy (non-hydrogen) atoms. The molecule has 0 spiro atoms. The van der Waals surface area contributed by atoms with Gasteiger partial charge in [-0.2, -0.15) is 0 Å². The summed E-state index contributed by atoms with van der Waals surface area (Å²) in [5.41, 5.74) is 3.75. The third-order valence-electron chi connectivity index (χ3n) is 5.13. The number of pyridine rings is 1. The first-order valence-electron chi connectivity index (χ1n) is 9.65. The molecule has 5 nitrogen and oxygen atoms in total. The Hall–Kier alpha value is -2.86. The van der Waals surface area contributed by atoms with E-state index >= 15 is 0 Å². The second-order valence-corrected chi connectivity index (χ2v) is 8.38. The van der Waals surface area contributed by atoms with Crippen LogP contribution in [0, 0.1) is 6.92 Å². The molecule has 150 valence electrons. The van der Waals surface area contributed by atoms with Gasteiger partial charge in [-0.05, 0) is 63.3 Å². The summed E-state index contributed by atoms with van der Waals surface area (Å²) in [7, 11) is 1.65. The SMILES string of the molecule is COc1ccc(NC(=S)NC2CC(C)(C)Oc3ccc(C)cc32)c2cccnc12. The van der Waals surface area contributed by atoms with Crippen molar-refractivity contribution in [3.63, 3.8) is 0 Å². The van der Waals surface area contributed by atoms with Gasteiger partial charge in [-0.1, -0.05) is 17.7 Å². The van der Waals surface area contributed by atoms with E-state index in [9.17, 15) is 0 Å². The second kappa shape index (κ2) is 7.52. The zero-order chi connectivity index (χ0) is 20.6. The molecule has 0 aliphatic carbocycles. The number of nitrogens with zero attached hydrogens (tertiary/aromatic N) is 1. The lowest BCUT2D eigenvalue weighted by Crippen LogP contribution is -2.42. The fourth-order valence-electron chi connectivity index (χ4n) is 3.84. The molecule has 0 amide bonds. The van der Waals surface area contributed by atoms with E-state index in [0.717, 1.165) is 40.1 Å². The van der Waals surface area contributed by atoms with Crippen molar-refractivity contribution in [1.82, 2.24) is 10.3 Å². The molecule has 1 aliphatic heterocycles. The van der Waals surface area contributed by atoms with E-state index in [4.69, 9.17) is 21.7 Å². The third-order valence-corrected chi connectivity index (χ3v) is 5.35. The van der Waals surface area contributed by atoms with E-state index in [1.807, 2.05) is 30.3 Å². The van der Waals surface area contributed by atoms with Crippen molar-refractivity contribution < 1.29 is 9.47 Å². The maximum Gasteiger partial charge on any atom is 0.171 e. The van der Waals surface area contributed by atoms with Gasteiger partial charge in [0.1, 0.15) is 22.6 Å². The van der Waals surface area contributed by atoms with Gasteiger partial charge in [0.15, 0.2) is 5.11 Å². The Morgan fingerprint density at radius 3 is 2.86 bits per heavy atom. The smallest absolute Gasteiger partial charge is 0.171 e. The fraction of sp³-hybridized carbons (Fsp3) is 0.304. The van der Waals surface area contributed by atoms with Crippen LogP contribution in [0.2, 0.25) is 0 Å². The van der Waals surface area contributed by atoms with Gasteiger partial charge < -0.3 is 20.1 Å². The van der Waals surface area contributed by atoms with Gasteiger partial charge in [-0.3, -0.25) is 4.98 Å². The number of nitrogens with one attached hydrogen (secondary N) is 2. The molecule has 0 saturated heterocycles. The number of thiocarbonyl (C=S) groups is 1. The van der Waals surface area contributed by atoms with Crippen LogP contribution in [0.15, 0.2) is 48.7 Å². The highest BCUT2D eigenvalue weighted by atomic mass is 32.1. The Bertz CT molecular complexity index is 1080. The summed E-state index contributed by atoms with van der Waals surface area (Å²) >= 11 is 5.66. The van der Waals surface area contributed by atoms with Crippen LogP contribution in [0.4, 0.5) is 5.69 Å². The molecule has 4 rings (SSSR count). The van der Waals surface area contributed by atoms with Crippen LogP contribution >= 0.6 is 12.2 Å². The molecule has 0 radical (unpaired) electrons. The van der Waals surface area contributed by atoms with Gasteiger partial charge in [0.25, 0.3) is 0 Å². The summed E-state index contributed by atoms with van der Waals surface area (Å²) in [6.07, 6.45) is 2.57. The highest BCUT2D eigenvalue weighted by Gasteiger charge is 2.34. The molecule has 3 aromatic rings. The molecule has 2 N–H and O–H groups in total. The monoisotopic (exact) mass is 407 g/mol. The molecule has 2 heterocycles. The molecule has 2 aromatic carbocycles. The standard InChI is InChI=1S/C23H25N3O2S/c1-14-7-9-19-16(12-14)18(13-23(2,3)28-19)26-22(29)25-17-8-10-20(27-4)21-15(17)6-5-11-24-21/h5-12,18H,13H2,1-4H3,(H2,25,26,29). The molecule has 6 heteroatoms. The van der Waals surface area contributed by atoms with Crippen molar-refractivity contribution in [2.24, 2.45) is 0 Å². The van der Waals surface area contributed by atoms with E-state index in [1.54, 1.807) is 13.3 Å². The summed E-state index contributed by atoms with van der Waals surface area (Å²) in [5, 5.41) is 8.35. The van der Waals surface area contributed by atoms with E-state index in [-0.39, 0.29) is 11.6 Å². The summed E-state index contributed by atoms with van der Waals surface area (Å²) < 4.78 is 11.6. The van der Waals surface area contributed by atoms with Crippen LogP contribution in [0.1, 0.15) is 37.4 Å². The van der Waals surface area contributed by atoms with Crippen LogP contribution in [0.3, 0.4) is 0 Å². The van der Waals surface area contributed by atoms with Crippen molar-refractivity contribution in [3.05, 3.63) is 59.8 Å². The predicted molar refractivity (Wildman–Crippen MR) is 121 cm³/mol. The lowest BCUT2D eigenvalue weighted by Gasteiger charge is -2.38. The first kappa shape index (κ1) is 19.5. The minimum atomic E-state index is -0.272. The quantitative estimate of drug-likeness (QED) is 0.586. The number of rotatable bonds is 3. The number of fused-ring (bicyclic) bond motifs is 2. The van der Waals surface area contributed by atoms with E-state index in [2.05, 4.69) is 48.5 Å². The van der Waals surface area contributed by atoms with Crippen molar-refractivity contribution in [1.29, 1.82) is 0 Å². The molecule has 0 bridgehead atoms. The van der Waals surface area contributed by atoms with Crippen LogP contribution in [0.25, 0.3) is 10.9 Å². The minimum absolute atomic E-state index is 0.0660. The number of hydrogen-bond donors (Lipinski definition) is 2. The minimum Gasteiger partial charge on any atom is -0.494 e. The first-order chi connectivity index (χ1) is 13.9. The second-order valence-electron chi connectivity index (χ2n) is 7.97. The average molecular weight is 408 g/mol. The lowest BCUT2D eigenvalue weighted by atomic mass is 9.89. The van der Waals surface area contributed by atoms with E-state index < -0.39 is 0 Å². The van der Waals surface area contributed by atoms with Crippen molar-refractivity contribution in [2.45, 2.75) is 38.8 Å². The largest absolute Gasteiger partial charge is 0.494 e. The van der Waals surface area contributed by atoms with Crippen LogP contribution in [-0.2, 0) is 0 Å². The summed E-state index contributed by atoms with van der Waals surface area (Å²) in [6.45, 7) is 6.29. The Morgan fingerprint density at radius 1 is 1.24 bits per heavy atom. The first-order valence-corrected chi connectivity index (χ1v) is 10.1. The maximum atomic E-state index is 6.16. The molecule has 1 atom stereocenters. The number of methoxy groups -OCH3 is 1. The average Bonchev–Trinajstić information content (AvgIpc) is 2.68. The number of aryl methyl sites for hydroxylation is 1. The van der Waals surface area contributed by atoms with Gasteiger partial charge in [0.05, 0.1) is 13.2 Å². The normalized spacial score (nSPS) is 17.2. The molecule has 1 unspecified atom stereocenters. The van der Waals surface area contributed by atoms with Crippen LogP contribution in [0.5, 0.6) is 11.5 Å². The summed E-state index contributed by atoms with van der Waals surface area (Å²) in [6, 6.07) is 14.1. The number of benzene rings is 2. The van der Waals surface area contributed by atoms with Crippen molar-refractivity contribution in [3.8, 4) is 11.5 Å². The lowest BCUT2D eigenvalue weighted by molar-refractivity contribution is 0.0696. The molecule has 0 saturated carbocycles. The highest BCUT2D eigenvalue weighted by molar-refractivity contribution is 7.80. The molecular weight excluding hydrogens is 382 g/mol. The molecular formula is C23H25N3O2S. The van der Waals surface area contributed by atoms with Crippen molar-refractivity contribution in [2.75, 3.05) is 12.4 Å². The van der Waals surface area contributed by atoms with Gasteiger partial charge in [-0.25, -0.2) is 0 Å². The Kier molecular flexibility index (Phi) is 5.04. The van der Waals surface area contributed by atoms with Gasteiger partial charge >= 0.3 is 0 Å². The zero-order valence-electron chi connectivity index (χ0n) is 17.1. The summed E-state index contributed by atoms with van der Waals surface area (Å²) in [4.78, 5) is 4.45. The predicted octanol–water partition coefficient (Wildman–Crippen LogP) is 5.14. The van der Waals surface area contributed by atoms with Gasteiger partial charge in [-0.15, -0.1) is 0 Å². The van der Waals surface area contributed by atoms with E-state index in [0.29, 0.717) is 5.11 Å². The number of hydrogen-bond acceptors (Lipinski definition) is 4. The maximum absolute atomic E-state index is 6.16. The molecule has 1 aliphatic rings. The highest BCUT2D eigenvalue weighted by Crippen LogP contribution is 2.40. The zero-order valence-corrected chi connectivity index (χ0v) is 17.9. The van der Waals surface area contributed by atoms with Gasteiger partial charge in [0, 0.05) is 29.3 Å². The van der Waals surface area contributed by atoms with Crippen LogP contribution in [-0.4, -0.2) is 22.8 Å². The van der Waals surface area contributed by atoms with Gasteiger partial charge in [0.2, 0.25) is 0 Å². The Morgan fingerprint density at radius 2 is 2.07 bits per heavy atom. The molecule has 0 fully saturated rings. The van der Waals surface area contributed by atoms with Crippen molar-refractivity contribution >= 4 is 33.9 Å². The third kappa shape index (κ3) is 3.98. The number of anilines is 1. The number of ether oxygens (including phenoxy) is 2. The summed E-state index contributed by atoms with van der Waals surface area (Å²) in [5.74, 6) is 1.65. The number of aromatic nitrogens is 1. The Labute approximate surface area is 176 Å². The van der Waals surface area contributed by atoms with E-state index in [1.165, 1.54) is 5.56 Å². The topological polar surface area (TPSA) is 55.4 Å².